The second kappa shape index (κ2) is 7.22. The Morgan fingerprint density at radius 2 is 1.77 bits per heavy atom. The molecular formula is C21H19N3OS. The lowest BCUT2D eigenvalue weighted by Gasteiger charge is -2.03. The Kier molecular flexibility index (Phi) is 4.63. The Balaban J connectivity index is 1.68. The van der Waals surface area contributed by atoms with E-state index in [9.17, 15) is 0 Å². The van der Waals surface area contributed by atoms with Gasteiger partial charge in [-0.05, 0) is 60.0 Å². The van der Waals surface area contributed by atoms with Gasteiger partial charge in [-0.25, -0.2) is 9.97 Å². The number of ether oxygens (including phenoxy) is 1. The molecule has 0 aliphatic rings. The molecule has 0 amide bonds. The Hall–Kier alpha value is -2.79. The van der Waals surface area contributed by atoms with E-state index in [1.807, 2.05) is 24.3 Å². The van der Waals surface area contributed by atoms with Gasteiger partial charge < -0.3 is 9.72 Å². The summed E-state index contributed by atoms with van der Waals surface area (Å²) in [6.45, 7) is 2.16. The fourth-order valence-electron chi connectivity index (χ4n) is 2.83. The van der Waals surface area contributed by atoms with E-state index >= 15 is 0 Å². The van der Waals surface area contributed by atoms with E-state index in [2.05, 4.69) is 52.2 Å². The summed E-state index contributed by atoms with van der Waals surface area (Å²) in [5.74, 6) is 0.844. The van der Waals surface area contributed by atoms with E-state index in [1.165, 1.54) is 10.5 Å². The molecule has 4 aromatic rings. The number of aromatic amines is 1. The second-order valence-corrected chi connectivity index (χ2v) is 7.01. The van der Waals surface area contributed by atoms with Crippen LogP contribution in [0, 0.1) is 0 Å². The van der Waals surface area contributed by atoms with Gasteiger partial charge in [0.15, 0.2) is 0 Å². The maximum absolute atomic E-state index is 5.23. The highest BCUT2D eigenvalue weighted by Crippen LogP contribution is 2.33. The summed E-state index contributed by atoms with van der Waals surface area (Å²) in [6, 6.07) is 18.7. The molecule has 0 spiro atoms. The lowest BCUT2D eigenvalue weighted by atomic mass is 10.1. The smallest absolute Gasteiger partial charge is 0.142 e. The summed E-state index contributed by atoms with van der Waals surface area (Å²) in [5, 5.41) is 1.98. The molecule has 0 aliphatic carbocycles. The van der Waals surface area contributed by atoms with Crippen LogP contribution in [0.15, 0.2) is 70.8 Å². The molecule has 0 unspecified atom stereocenters. The summed E-state index contributed by atoms with van der Waals surface area (Å²) >= 11 is 1.66. The average Bonchev–Trinajstić information content (AvgIpc) is 3.14. The summed E-state index contributed by atoms with van der Waals surface area (Å²) in [5.41, 5.74) is 4.29. The van der Waals surface area contributed by atoms with Crippen molar-refractivity contribution in [3.05, 3.63) is 66.5 Å². The topological polar surface area (TPSA) is 50.8 Å². The maximum Gasteiger partial charge on any atom is 0.142 e. The summed E-state index contributed by atoms with van der Waals surface area (Å²) in [4.78, 5) is 13.4. The highest BCUT2D eigenvalue weighted by molar-refractivity contribution is 7.99. The zero-order chi connectivity index (χ0) is 17.9. The highest BCUT2D eigenvalue weighted by atomic mass is 32.2. The van der Waals surface area contributed by atoms with Crippen LogP contribution in [0.1, 0.15) is 12.5 Å². The van der Waals surface area contributed by atoms with Gasteiger partial charge in [-0.2, -0.15) is 0 Å². The summed E-state index contributed by atoms with van der Waals surface area (Å²) in [7, 11) is 1.67. The van der Waals surface area contributed by atoms with Gasteiger partial charge in [0, 0.05) is 10.6 Å². The van der Waals surface area contributed by atoms with Gasteiger partial charge in [0.2, 0.25) is 0 Å². The molecule has 0 saturated heterocycles. The van der Waals surface area contributed by atoms with Crippen LogP contribution in [0.4, 0.5) is 0 Å². The number of hydrogen-bond acceptors (Lipinski definition) is 4. The lowest BCUT2D eigenvalue weighted by Crippen LogP contribution is -1.85. The van der Waals surface area contributed by atoms with Crippen LogP contribution in [0.5, 0.6) is 5.75 Å². The third-order valence-electron chi connectivity index (χ3n) is 4.34. The molecule has 1 N–H and O–H groups in total. The van der Waals surface area contributed by atoms with Crippen molar-refractivity contribution in [1.82, 2.24) is 15.0 Å². The number of aryl methyl sites for hydroxylation is 1. The number of H-pyrrole nitrogens is 1. The second-order valence-electron chi connectivity index (χ2n) is 5.95. The molecular weight excluding hydrogens is 342 g/mol. The van der Waals surface area contributed by atoms with Crippen LogP contribution in [-0.2, 0) is 6.42 Å². The van der Waals surface area contributed by atoms with E-state index in [0.29, 0.717) is 0 Å². The number of nitrogens with one attached hydrogen (secondary N) is 1. The SMILES string of the molecule is CCc1ccc(Sc2ncnc3[nH]c(-c4ccc(OC)cc4)cc23)cc1. The summed E-state index contributed by atoms with van der Waals surface area (Å²) < 4.78 is 5.23. The third-order valence-corrected chi connectivity index (χ3v) is 5.36. The van der Waals surface area contributed by atoms with Crippen molar-refractivity contribution in [2.45, 2.75) is 23.3 Å². The Labute approximate surface area is 156 Å². The van der Waals surface area contributed by atoms with Crippen LogP contribution in [0.3, 0.4) is 0 Å². The van der Waals surface area contributed by atoms with Crippen molar-refractivity contribution < 1.29 is 4.74 Å². The fourth-order valence-corrected chi connectivity index (χ4v) is 3.69. The fraction of sp³-hybridized carbons (Fsp3) is 0.143. The minimum atomic E-state index is 0.844. The van der Waals surface area contributed by atoms with Crippen molar-refractivity contribution in [1.29, 1.82) is 0 Å². The van der Waals surface area contributed by atoms with Crippen molar-refractivity contribution in [2.24, 2.45) is 0 Å². The molecule has 0 bridgehead atoms. The highest BCUT2D eigenvalue weighted by Gasteiger charge is 2.11. The normalized spacial score (nSPS) is 11.0. The molecule has 2 aromatic carbocycles. The minimum absolute atomic E-state index is 0.844. The number of benzene rings is 2. The first-order valence-corrected chi connectivity index (χ1v) is 9.33. The van der Waals surface area contributed by atoms with E-state index in [-0.39, 0.29) is 0 Å². The molecule has 4 rings (SSSR count). The van der Waals surface area contributed by atoms with E-state index in [1.54, 1.807) is 25.2 Å². The van der Waals surface area contributed by atoms with Crippen LogP contribution < -0.4 is 4.74 Å². The van der Waals surface area contributed by atoms with Crippen LogP contribution in [0.25, 0.3) is 22.3 Å². The first kappa shape index (κ1) is 16.7. The molecule has 2 heterocycles. The van der Waals surface area contributed by atoms with Gasteiger partial charge in [-0.1, -0.05) is 30.8 Å². The van der Waals surface area contributed by atoms with Crippen LogP contribution >= 0.6 is 11.8 Å². The van der Waals surface area contributed by atoms with Gasteiger partial charge in [0.1, 0.15) is 22.7 Å². The molecule has 130 valence electrons. The van der Waals surface area contributed by atoms with Gasteiger partial charge >= 0.3 is 0 Å². The van der Waals surface area contributed by atoms with Gasteiger partial charge in [0.05, 0.1) is 12.5 Å². The van der Waals surface area contributed by atoms with Crippen LogP contribution in [0.2, 0.25) is 0 Å². The predicted octanol–water partition coefficient (Wildman–Crippen LogP) is 5.35. The zero-order valence-electron chi connectivity index (χ0n) is 14.7. The molecule has 5 heteroatoms. The number of fused-ring (bicyclic) bond motifs is 1. The van der Waals surface area contributed by atoms with Gasteiger partial charge in [0.25, 0.3) is 0 Å². The quantitative estimate of drug-likeness (QED) is 0.487. The number of nitrogens with zero attached hydrogens (tertiary/aromatic N) is 2. The summed E-state index contributed by atoms with van der Waals surface area (Å²) in [6.07, 6.45) is 2.66. The van der Waals surface area contributed by atoms with Gasteiger partial charge in [-0.3, -0.25) is 0 Å². The van der Waals surface area contributed by atoms with E-state index < -0.39 is 0 Å². The number of rotatable bonds is 5. The van der Waals surface area contributed by atoms with Gasteiger partial charge in [-0.15, -0.1) is 0 Å². The minimum Gasteiger partial charge on any atom is -0.497 e. The Bertz CT molecular complexity index is 1020. The maximum atomic E-state index is 5.23. The first-order chi connectivity index (χ1) is 12.8. The van der Waals surface area contributed by atoms with Crippen molar-refractivity contribution >= 4 is 22.8 Å². The first-order valence-electron chi connectivity index (χ1n) is 8.51. The number of aromatic nitrogens is 3. The van der Waals surface area contributed by atoms with Crippen LogP contribution in [-0.4, -0.2) is 22.1 Å². The Morgan fingerprint density at radius 1 is 1.00 bits per heavy atom. The van der Waals surface area contributed by atoms with Crippen molar-refractivity contribution in [2.75, 3.05) is 7.11 Å². The van der Waals surface area contributed by atoms with E-state index in [4.69, 9.17) is 4.74 Å². The standard InChI is InChI=1S/C21H19N3OS/c1-3-14-4-10-17(11-5-14)26-21-18-12-19(24-20(18)22-13-23-21)15-6-8-16(25-2)9-7-15/h4-13H,3H2,1-2H3,(H,22,23,24). The Morgan fingerprint density at radius 3 is 2.46 bits per heavy atom. The largest absolute Gasteiger partial charge is 0.497 e. The number of hydrogen-bond donors (Lipinski definition) is 1. The van der Waals surface area contributed by atoms with Crippen molar-refractivity contribution in [3.8, 4) is 17.0 Å². The molecule has 0 aliphatic heterocycles. The monoisotopic (exact) mass is 361 g/mol. The molecule has 26 heavy (non-hydrogen) atoms. The molecule has 0 atom stereocenters. The molecule has 4 nitrogen and oxygen atoms in total. The number of methoxy groups -OCH3 is 1. The molecule has 0 fully saturated rings. The lowest BCUT2D eigenvalue weighted by molar-refractivity contribution is 0.415. The molecule has 0 radical (unpaired) electrons. The third kappa shape index (κ3) is 3.30. The van der Waals surface area contributed by atoms with Crippen molar-refractivity contribution in [3.63, 3.8) is 0 Å². The zero-order valence-corrected chi connectivity index (χ0v) is 15.5. The predicted molar refractivity (Wildman–Crippen MR) is 106 cm³/mol. The molecule has 0 saturated carbocycles. The average molecular weight is 361 g/mol. The van der Waals surface area contributed by atoms with E-state index in [0.717, 1.165) is 39.5 Å². The molecule has 2 aromatic heterocycles.